The van der Waals surface area contributed by atoms with E-state index in [0.717, 1.165) is 24.2 Å². The van der Waals surface area contributed by atoms with Crippen LogP contribution < -0.4 is 10.9 Å². The number of rotatable bonds is 7. The molecular formula is C13H21ClN4O2. The molecule has 1 fully saturated rings. The van der Waals surface area contributed by atoms with Crippen LogP contribution in [0.15, 0.2) is 11.0 Å². The molecule has 1 aromatic heterocycles. The van der Waals surface area contributed by atoms with Gasteiger partial charge >= 0.3 is 0 Å². The highest BCUT2D eigenvalue weighted by Crippen LogP contribution is 2.15. The summed E-state index contributed by atoms with van der Waals surface area (Å²) in [4.78, 5) is 14.3. The minimum atomic E-state index is -0.370. The number of halogens is 1. The fourth-order valence-electron chi connectivity index (χ4n) is 2.37. The lowest BCUT2D eigenvalue weighted by molar-refractivity contribution is 0.266. The highest BCUT2D eigenvalue weighted by atomic mass is 35.5. The van der Waals surface area contributed by atoms with Crippen LogP contribution in [0.3, 0.4) is 0 Å². The molecule has 1 aromatic rings. The molecule has 0 spiro atoms. The van der Waals surface area contributed by atoms with E-state index in [2.05, 4.69) is 15.3 Å². The molecule has 2 N–H and O–H groups in total. The third-order valence-electron chi connectivity index (χ3n) is 3.46. The first-order valence-electron chi connectivity index (χ1n) is 7.05. The molecule has 2 rings (SSSR count). The highest BCUT2D eigenvalue weighted by Gasteiger charge is 2.11. The van der Waals surface area contributed by atoms with E-state index < -0.39 is 0 Å². The molecule has 1 aliphatic heterocycles. The van der Waals surface area contributed by atoms with E-state index in [1.165, 1.54) is 32.1 Å². The number of aliphatic hydroxyl groups excluding tert-OH is 1. The van der Waals surface area contributed by atoms with Crippen molar-refractivity contribution in [2.24, 2.45) is 0 Å². The molecule has 0 unspecified atom stereocenters. The van der Waals surface area contributed by atoms with Crippen molar-refractivity contribution >= 4 is 17.3 Å². The third-order valence-corrected chi connectivity index (χ3v) is 3.83. The molecule has 20 heavy (non-hydrogen) atoms. The Morgan fingerprint density at radius 1 is 1.35 bits per heavy atom. The number of nitrogens with zero attached hydrogens (tertiary/aromatic N) is 3. The van der Waals surface area contributed by atoms with Crippen molar-refractivity contribution in [1.82, 2.24) is 14.7 Å². The smallest absolute Gasteiger partial charge is 0.287 e. The Bertz CT molecular complexity index is 486. The van der Waals surface area contributed by atoms with E-state index in [-0.39, 0.29) is 23.7 Å². The SMILES string of the molecule is O=c1c(Cl)c(NCCCN2CCCC2)cnn1CCO. The van der Waals surface area contributed by atoms with Crippen molar-refractivity contribution in [3.8, 4) is 0 Å². The van der Waals surface area contributed by atoms with Gasteiger partial charge in [-0.2, -0.15) is 5.10 Å². The van der Waals surface area contributed by atoms with E-state index in [4.69, 9.17) is 16.7 Å². The van der Waals surface area contributed by atoms with Gasteiger partial charge < -0.3 is 15.3 Å². The van der Waals surface area contributed by atoms with Crippen LogP contribution in [0.2, 0.25) is 5.02 Å². The quantitative estimate of drug-likeness (QED) is 0.729. The lowest BCUT2D eigenvalue weighted by Gasteiger charge is -2.15. The Kier molecular flexibility index (Phi) is 5.82. The number of likely N-dealkylation sites (tertiary alicyclic amines) is 1. The largest absolute Gasteiger partial charge is 0.394 e. The Balaban J connectivity index is 1.83. The molecule has 1 aliphatic rings. The van der Waals surface area contributed by atoms with Gasteiger partial charge in [0.05, 0.1) is 25.0 Å². The predicted octanol–water partition coefficient (Wildman–Crippen LogP) is 0.787. The zero-order chi connectivity index (χ0) is 14.4. The third kappa shape index (κ3) is 3.94. The summed E-state index contributed by atoms with van der Waals surface area (Å²) in [5.41, 5.74) is 0.192. The standard InChI is InChI=1S/C13H21ClN4O2/c14-12-11(10-16-18(8-9-19)13(12)20)15-4-3-7-17-5-1-2-6-17/h10,15,19H,1-9H2. The normalized spacial score (nSPS) is 15.7. The maximum atomic E-state index is 11.8. The minimum absolute atomic E-state index is 0.133. The van der Waals surface area contributed by atoms with Crippen LogP contribution in [0.4, 0.5) is 5.69 Å². The molecule has 0 bridgehead atoms. The minimum Gasteiger partial charge on any atom is -0.394 e. The summed E-state index contributed by atoms with van der Waals surface area (Å²) in [5.74, 6) is 0. The second kappa shape index (κ2) is 7.61. The van der Waals surface area contributed by atoms with Gasteiger partial charge in [-0.1, -0.05) is 11.6 Å². The van der Waals surface area contributed by atoms with Gasteiger partial charge in [-0.15, -0.1) is 0 Å². The van der Waals surface area contributed by atoms with Crippen LogP contribution in [-0.4, -0.2) is 52.6 Å². The number of anilines is 1. The van der Waals surface area contributed by atoms with Gasteiger partial charge in [0.2, 0.25) is 0 Å². The maximum absolute atomic E-state index is 11.8. The van der Waals surface area contributed by atoms with Crippen molar-refractivity contribution in [3.63, 3.8) is 0 Å². The molecule has 0 aromatic carbocycles. The average molecular weight is 301 g/mol. The number of hydrogen-bond donors (Lipinski definition) is 2. The van der Waals surface area contributed by atoms with Crippen molar-refractivity contribution < 1.29 is 5.11 Å². The van der Waals surface area contributed by atoms with Gasteiger partial charge in [0.25, 0.3) is 5.56 Å². The Morgan fingerprint density at radius 2 is 2.10 bits per heavy atom. The van der Waals surface area contributed by atoms with E-state index in [1.807, 2.05) is 0 Å². The number of nitrogens with one attached hydrogen (secondary N) is 1. The van der Waals surface area contributed by atoms with E-state index in [0.29, 0.717) is 5.69 Å². The number of aromatic nitrogens is 2. The molecule has 0 amide bonds. The van der Waals surface area contributed by atoms with E-state index in [9.17, 15) is 4.79 Å². The van der Waals surface area contributed by atoms with Crippen LogP contribution in [0.1, 0.15) is 19.3 Å². The van der Waals surface area contributed by atoms with Gasteiger partial charge in [0.15, 0.2) is 0 Å². The lowest BCUT2D eigenvalue weighted by atomic mass is 10.3. The number of aliphatic hydroxyl groups is 1. The summed E-state index contributed by atoms with van der Waals surface area (Å²) in [6, 6.07) is 0. The molecule has 1 saturated heterocycles. The predicted molar refractivity (Wildman–Crippen MR) is 79.4 cm³/mol. The first-order valence-corrected chi connectivity index (χ1v) is 7.43. The van der Waals surface area contributed by atoms with Crippen LogP contribution in [0, 0.1) is 0 Å². The zero-order valence-corrected chi connectivity index (χ0v) is 12.3. The maximum Gasteiger partial charge on any atom is 0.287 e. The van der Waals surface area contributed by atoms with E-state index >= 15 is 0 Å². The van der Waals surface area contributed by atoms with E-state index in [1.54, 1.807) is 0 Å². The van der Waals surface area contributed by atoms with Crippen LogP contribution >= 0.6 is 11.6 Å². The molecule has 2 heterocycles. The van der Waals surface area contributed by atoms with Gasteiger partial charge in [0.1, 0.15) is 5.02 Å². The van der Waals surface area contributed by atoms with Crippen molar-refractivity contribution in [2.75, 3.05) is 38.1 Å². The summed E-state index contributed by atoms with van der Waals surface area (Å²) in [5, 5.41) is 16.1. The summed E-state index contributed by atoms with van der Waals surface area (Å²) < 4.78 is 1.16. The van der Waals surface area contributed by atoms with Gasteiger partial charge in [-0.3, -0.25) is 4.79 Å². The molecule has 7 heteroatoms. The Hall–Kier alpha value is -1.11. The van der Waals surface area contributed by atoms with Crippen molar-refractivity contribution in [3.05, 3.63) is 21.6 Å². The highest BCUT2D eigenvalue weighted by molar-refractivity contribution is 6.32. The van der Waals surface area contributed by atoms with Crippen LogP contribution in [0.25, 0.3) is 0 Å². The molecular weight excluding hydrogens is 280 g/mol. The lowest BCUT2D eigenvalue weighted by Crippen LogP contribution is -2.26. The molecule has 112 valence electrons. The summed E-state index contributed by atoms with van der Waals surface area (Å²) >= 11 is 6.01. The molecule has 0 aliphatic carbocycles. The fraction of sp³-hybridized carbons (Fsp3) is 0.692. The summed E-state index contributed by atoms with van der Waals surface area (Å²) in [6.07, 6.45) is 5.14. The van der Waals surface area contributed by atoms with Crippen molar-refractivity contribution in [1.29, 1.82) is 0 Å². The van der Waals surface area contributed by atoms with Crippen LogP contribution in [-0.2, 0) is 6.54 Å². The molecule has 0 radical (unpaired) electrons. The Morgan fingerprint density at radius 3 is 2.80 bits per heavy atom. The summed E-state index contributed by atoms with van der Waals surface area (Å²) in [7, 11) is 0. The molecule has 0 saturated carbocycles. The second-order valence-corrected chi connectivity index (χ2v) is 5.33. The fourth-order valence-corrected chi connectivity index (χ4v) is 2.59. The molecule has 0 atom stereocenters. The zero-order valence-electron chi connectivity index (χ0n) is 11.5. The Labute approximate surface area is 123 Å². The average Bonchev–Trinajstić information content (AvgIpc) is 2.95. The summed E-state index contributed by atoms with van der Waals surface area (Å²) in [6.45, 7) is 4.25. The van der Waals surface area contributed by atoms with Crippen LogP contribution in [0.5, 0.6) is 0 Å². The topological polar surface area (TPSA) is 70.4 Å². The van der Waals surface area contributed by atoms with Gasteiger partial charge in [-0.25, -0.2) is 4.68 Å². The first kappa shape index (κ1) is 15.3. The second-order valence-electron chi connectivity index (χ2n) is 4.95. The van der Waals surface area contributed by atoms with Crippen molar-refractivity contribution in [2.45, 2.75) is 25.8 Å². The number of hydrogen-bond acceptors (Lipinski definition) is 5. The van der Waals surface area contributed by atoms with Gasteiger partial charge in [0, 0.05) is 6.54 Å². The monoisotopic (exact) mass is 300 g/mol. The first-order chi connectivity index (χ1) is 9.72. The van der Waals surface area contributed by atoms with Gasteiger partial charge in [-0.05, 0) is 38.9 Å². The molecule has 6 nitrogen and oxygen atoms in total.